The van der Waals surface area contributed by atoms with Crippen molar-refractivity contribution in [3.05, 3.63) is 51.7 Å². The van der Waals surface area contributed by atoms with E-state index in [2.05, 4.69) is 38.5 Å². The number of nitrogens with two attached hydrogens (primary N) is 1. The van der Waals surface area contributed by atoms with E-state index in [0.29, 0.717) is 30.4 Å². The van der Waals surface area contributed by atoms with Crippen LogP contribution in [0.15, 0.2) is 45.6 Å². The average Bonchev–Trinajstić information content (AvgIpc) is 2.93. The maximum Gasteiger partial charge on any atom is 0.222 e. The topological polar surface area (TPSA) is 91.0 Å². The second-order valence-electron chi connectivity index (χ2n) is 8.88. The van der Waals surface area contributed by atoms with Crippen molar-refractivity contribution in [1.82, 2.24) is 10.2 Å². The Morgan fingerprint density at radius 2 is 2.06 bits per heavy atom. The summed E-state index contributed by atoms with van der Waals surface area (Å²) in [6.45, 7) is 3.44. The number of nitrogens with one attached hydrogen (secondary N) is 1. The fraction of sp³-hybridized carbons (Fsp3) is 0.500. The minimum Gasteiger partial charge on any atom is -0.508 e. The fourth-order valence-corrected chi connectivity index (χ4v) is 5.71. The lowest BCUT2D eigenvalue weighted by Gasteiger charge is -2.41. The summed E-state index contributed by atoms with van der Waals surface area (Å²) in [5, 5.41) is 17.4. The van der Waals surface area contributed by atoms with Crippen LogP contribution in [-0.4, -0.2) is 40.8 Å². The van der Waals surface area contributed by atoms with Gasteiger partial charge in [-0.25, -0.2) is 0 Å². The minimum atomic E-state index is 0.191. The van der Waals surface area contributed by atoms with E-state index in [1.54, 1.807) is 0 Å². The molecule has 0 aromatic heterocycles. The normalized spacial score (nSPS) is 24.3. The van der Waals surface area contributed by atoms with Gasteiger partial charge < -0.3 is 21.2 Å². The van der Waals surface area contributed by atoms with E-state index in [-0.39, 0.29) is 11.9 Å². The number of amides is 1. The van der Waals surface area contributed by atoms with Gasteiger partial charge in [0.2, 0.25) is 5.91 Å². The molecule has 7 heteroatoms. The van der Waals surface area contributed by atoms with E-state index in [9.17, 15) is 9.90 Å². The molecule has 1 saturated heterocycles. The summed E-state index contributed by atoms with van der Waals surface area (Å²) in [5.41, 5.74) is 4.80. The smallest absolute Gasteiger partial charge is 0.222 e. The number of phenols is 1. The molecule has 6 nitrogen and oxygen atoms in total. The minimum absolute atomic E-state index is 0.191. The molecule has 1 aliphatic carbocycles. The van der Waals surface area contributed by atoms with Crippen LogP contribution in [0.1, 0.15) is 56.1 Å². The van der Waals surface area contributed by atoms with E-state index in [1.165, 1.54) is 16.7 Å². The third-order valence-electron chi connectivity index (χ3n) is 6.97. The molecule has 0 bridgehead atoms. The van der Waals surface area contributed by atoms with Gasteiger partial charge in [-0.05, 0) is 95.8 Å². The quantitative estimate of drug-likeness (QED) is 0.341. The van der Waals surface area contributed by atoms with E-state index in [1.807, 2.05) is 30.2 Å². The number of allylic oxidation sites excluding steroid dienone is 2. The first-order chi connectivity index (χ1) is 15.0. The van der Waals surface area contributed by atoms with Crippen molar-refractivity contribution in [2.24, 2.45) is 16.9 Å². The number of rotatable bonds is 4. The Hall–Kier alpha value is -2.28. The zero-order valence-corrected chi connectivity index (χ0v) is 19.6. The standard InChI is InChI=1S/C24H31BrN4O2/c1-15(28-26)2-7-22(31)29-10-8-16(9-11-29)23-21-6-5-20(30)13-17(21)3-4-18-12-19(25)14-27-24(18)23/h5-6,12-14,16,23-24,27,30H,2-4,7-11,26H2,1H3/b28-15+/t23-,24?/m1/s1. The number of benzene rings is 1. The van der Waals surface area contributed by atoms with E-state index >= 15 is 0 Å². The number of aryl methyl sites for hydroxylation is 1. The number of likely N-dealkylation sites (tertiary alicyclic amines) is 1. The molecule has 0 spiro atoms. The molecule has 3 aliphatic rings. The van der Waals surface area contributed by atoms with E-state index < -0.39 is 0 Å². The third kappa shape index (κ3) is 4.81. The van der Waals surface area contributed by atoms with Gasteiger partial charge >= 0.3 is 0 Å². The highest BCUT2D eigenvalue weighted by atomic mass is 79.9. The van der Waals surface area contributed by atoms with Crippen LogP contribution in [0.25, 0.3) is 0 Å². The molecule has 2 heterocycles. The molecule has 4 N–H and O–H groups in total. The third-order valence-corrected chi connectivity index (χ3v) is 7.43. The second kappa shape index (κ2) is 9.47. The molecular formula is C24H31BrN4O2. The SMILES string of the molecule is C/C(CCC(=O)N1CCC([C@@H]2c3ccc(O)cc3CCC3=CC(Br)=CNC32)CC1)=N\N. The summed E-state index contributed by atoms with van der Waals surface area (Å²) in [4.78, 5) is 14.6. The Morgan fingerprint density at radius 1 is 1.29 bits per heavy atom. The molecule has 1 aromatic rings. The number of carbonyl (C=O) groups is 1. The highest BCUT2D eigenvalue weighted by Gasteiger charge is 2.38. The van der Waals surface area contributed by atoms with E-state index in [0.717, 1.165) is 49.0 Å². The zero-order valence-electron chi connectivity index (χ0n) is 18.0. The predicted octanol–water partition coefficient (Wildman–Crippen LogP) is 3.91. The van der Waals surface area contributed by atoms with Crippen molar-refractivity contribution in [2.45, 2.75) is 57.4 Å². The van der Waals surface area contributed by atoms with E-state index in [4.69, 9.17) is 5.84 Å². The number of dihydropyridines is 1. The Bertz CT molecular complexity index is 932. The zero-order chi connectivity index (χ0) is 22.0. The Balaban J connectivity index is 1.52. The molecular weight excluding hydrogens is 456 g/mol. The van der Waals surface area contributed by atoms with Gasteiger partial charge in [-0.1, -0.05) is 6.07 Å². The lowest BCUT2D eigenvalue weighted by Crippen LogP contribution is -2.44. The molecule has 0 saturated carbocycles. The van der Waals surface area contributed by atoms with Crippen LogP contribution in [0.4, 0.5) is 0 Å². The van der Waals surface area contributed by atoms with Crippen molar-refractivity contribution in [2.75, 3.05) is 13.1 Å². The molecule has 0 radical (unpaired) electrons. The van der Waals surface area contributed by atoms with Crippen LogP contribution < -0.4 is 11.2 Å². The number of hydrogen-bond acceptors (Lipinski definition) is 5. The number of piperidine rings is 1. The molecule has 1 aromatic carbocycles. The first kappa shape index (κ1) is 21.9. The predicted molar refractivity (Wildman–Crippen MR) is 127 cm³/mol. The van der Waals surface area contributed by atoms with Gasteiger partial charge in [0, 0.05) is 41.8 Å². The Labute approximate surface area is 192 Å². The van der Waals surface area contributed by atoms with Gasteiger partial charge in [0.15, 0.2) is 0 Å². The van der Waals surface area contributed by atoms with Crippen molar-refractivity contribution in [3.8, 4) is 5.75 Å². The maximum absolute atomic E-state index is 12.6. The van der Waals surface area contributed by atoms with Gasteiger partial charge in [-0.2, -0.15) is 5.10 Å². The van der Waals surface area contributed by atoms with Crippen LogP contribution >= 0.6 is 15.9 Å². The molecule has 31 heavy (non-hydrogen) atoms. The first-order valence-corrected chi connectivity index (χ1v) is 11.9. The Morgan fingerprint density at radius 3 is 2.81 bits per heavy atom. The monoisotopic (exact) mass is 486 g/mol. The summed E-state index contributed by atoms with van der Waals surface area (Å²) in [6.07, 6.45) is 9.27. The van der Waals surface area contributed by atoms with Crippen molar-refractivity contribution < 1.29 is 9.90 Å². The number of hydrazone groups is 1. The van der Waals surface area contributed by atoms with Crippen LogP contribution in [0.5, 0.6) is 5.75 Å². The van der Waals surface area contributed by atoms with Gasteiger partial charge in [0.25, 0.3) is 0 Å². The number of nitrogens with zero attached hydrogens (tertiary/aromatic N) is 2. The highest BCUT2D eigenvalue weighted by Crippen LogP contribution is 2.44. The van der Waals surface area contributed by atoms with Crippen LogP contribution in [0, 0.1) is 5.92 Å². The molecule has 1 amide bonds. The summed E-state index contributed by atoms with van der Waals surface area (Å²) < 4.78 is 1.07. The van der Waals surface area contributed by atoms with Crippen LogP contribution in [0.2, 0.25) is 0 Å². The molecule has 2 aliphatic heterocycles. The number of fused-ring (bicyclic) bond motifs is 2. The van der Waals surface area contributed by atoms with Crippen molar-refractivity contribution >= 4 is 27.5 Å². The average molecular weight is 487 g/mol. The summed E-state index contributed by atoms with van der Waals surface area (Å²) in [7, 11) is 0. The van der Waals surface area contributed by atoms with Gasteiger partial charge in [0.1, 0.15) is 5.75 Å². The largest absolute Gasteiger partial charge is 0.508 e. The molecule has 2 atom stereocenters. The van der Waals surface area contributed by atoms with Crippen molar-refractivity contribution in [3.63, 3.8) is 0 Å². The number of phenolic OH excluding ortho intramolecular Hbond substituents is 1. The van der Waals surface area contributed by atoms with Gasteiger partial charge in [-0.15, -0.1) is 0 Å². The molecule has 1 unspecified atom stereocenters. The first-order valence-electron chi connectivity index (χ1n) is 11.1. The number of halogens is 1. The molecule has 1 fully saturated rings. The van der Waals surface area contributed by atoms with Gasteiger partial charge in [-0.3, -0.25) is 4.79 Å². The summed E-state index contributed by atoms with van der Waals surface area (Å²) in [5.74, 6) is 6.61. The lowest BCUT2D eigenvalue weighted by molar-refractivity contribution is -0.132. The highest BCUT2D eigenvalue weighted by molar-refractivity contribution is 9.11. The summed E-state index contributed by atoms with van der Waals surface area (Å²) in [6, 6.07) is 6.11. The van der Waals surface area contributed by atoms with Gasteiger partial charge in [0.05, 0.1) is 6.04 Å². The Kier molecular flexibility index (Phi) is 6.70. The number of hydrogen-bond donors (Lipinski definition) is 3. The summed E-state index contributed by atoms with van der Waals surface area (Å²) >= 11 is 3.61. The molecule has 166 valence electrons. The van der Waals surface area contributed by atoms with Crippen molar-refractivity contribution in [1.29, 1.82) is 0 Å². The number of carbonyl (C=O) groups excluding carboxylic acids is 1. The van der Waals surface area contributed by atoms with Crippen LogP contribution in [0.3, 0.4) is 0 Å². The molecule has 4 rings (SSSR count). The lowest BCUT2D eigenvalue weighted by atomic mass is 9.73. The number of aromatic hydroxyl groups is 1. The maximum atomic E-state index is 12.6. The fourth-order valence-electron chi connectivity index (χ4n) is 5.28. The van der Waals surface area contributed by atoms with Crippen LogP contribution in [-0.2, 0) is 11.2 Å². The second-order valence-corrected chi connectivity index (χ2v) is 9.80.